The molecule has 0 unspecified atom stereocenters. The van der Waals surface area contributed by atoms with Crippen molar-refractivity contribution >= 4 is 5.96 Å². The zero-order valence-electron chi connectivity index (χ0n) is 14.0. The number of likely N-dealkylation sites (N-methyl/N-ethyl adjacent to an activating group) is 1. The molecule has 2 aliphatic rings. The Labute approximate surface area is 130 Å². The van der Waals surface area contributed by atoms with Crippen molar-refractivity contribution in [3.05, 3.63) is 0 Å². The molecule has 122 valence electrons. The standard InChI is InChI=1S/C17H34N4/c1-3-18-17(20-15-9-7-8-10-15)19-13-14-21(2)16-11-5-4-6-12-16/h15-16H,3-14H2,1-2H3,(H2,18,19,20). The largest absolute Gasteiger partial charge is 0.357 e. The second kappa shape index (κ2) is 9.29. The van der Waals surface area contributed by atoms with Crippen LogP contribution < -0.4 is 10.6 Å². The van der Waals surface area contributed by atoms with E-state index in [1.165, 1.54) is 57.8 Å². The van der Waals surface area contributed by atoms with Crippen molar-refractivity contribution in [3.63, 3.8) is 0 Å². The number of aliphatic imine (C=N–C) groups is 1. The molecule has 0 aromatic heterocycles. The molecule has 0 radical (unpaired) electrons. The third kappa shape index (κ3) is 5.85. The highest BCUT2D eigenvalue weighted by Gasteiger charge is 2.18. The minimum Gasteiger partial charge on any atom is -0.357 e. The number of guanidine groups is 1. The van der Waals surface area contributed by atoms with Crippen LogP contribution >= 0.6 is 0 Å². The van der Waals surface area contributed by atoms with Crippen LogP contribution in [0.2, 0.25) is 0 Å². The zero-order valence-corrected chi connectivity index (χ0v) is 14.0. The first-order valence-electron chi connectivity index (χ1n) is 9.04. The molecule has 21 heavy (non-hydrogen) atoms. The quantitative estimate of drug-likeness (QED) is 0.584. The van der Waals surface area contributed by atoms with Crippen molar-refractivity contribution in [1.29, 1.82) is 0 Å². The van der Waals surface area contributed by atoms with E-state index in [9.17, 15) is 0 Å². The molecular weight excluding hydrogens is 260 g/mol. The van der Waals surface area contributed by atoms with Crippen LogP contribution in [0.15, 0.2) is 4.99 Å². The van der Waals surface area contributed by atoms with Gasteiger partial charge in [-0.25, -0.2) is 0 Å². The minimum absolute atomic E-state index is 0.638. The van der Waals surface area contributed by atoms with E-state index in [1.807, 2.05) is 0 Å². The number of nitrogens with zero attached hydrogens (tertiary/aromatic N) is 2. The van der Waals surface area contributed by atoms with Gasteiger partial charge in [0.2, 0.25) is 0 Å². The summed E-state index contributed by atoms with van der Waals surface area (Å²) in [6, 6.07) is 1.43. The monoisotopic (exact) mass is 294 g/mol. The fourth-order valence-electron chi connectivity index (χ4n) is 3.61. The molecule has 2 N–H and O–H groups in total. The molecule has 0 amide bonds. The Kier molecular flexibility index (Phi) is 7.34. The van der Waals surface area contributed by atoms with Gasteiger partial charge in [0, 0.05) is 25.2 Å². The summed E-state index contributed by atoms with van der Waals surface area (Å²) in [6.07, 6.45) is 12.3. The van der Waals surface area contributed by atoms with E-state index in [2.05, 4.69) is 29.5 Å². The van der Waals surface area contributed by atoms with Gasteiger partial charge < -0.3 is 15.5 Å². The fraction of sp³-hybridized carbons (Fsp3) is 0.941. The van der Waals surface area contributed by atoms with Crippen LogP contribution in [0.5, 0.6) is 0 Å². The number of hydrogen-bond acceptors (Lipinski definition) is 2. The highest BCUT2D eigenvalue weighted by molar-refractivity contribution is 5.80. The van der Waals surface area contributed by atoms with Crippen LogP contribution in [0.1, 0.15) is 64.7 Å². The molecule has 2 aliphatic carbocycles. The van der Waals surface area contributed by atoms with Gasteiger partial charge in [0.05, 0.1) is 6.54 Å². The van der Waals surface area contributed by atoms with E-state index in [0.717, 1.165) is 31.6 Å². The van der Waals surface area contributed by atoms with E-state index in [1.54, 1.807) is 0 Å². The zero-order chi connectivity index (χ0) is 14.9. The Hall–Kier alpha value is -0.770. The van der Waals surface area contributed by atoms with Gasteiger partial charge in [0.1, 0.15) is 0 Å². The van der Waals surface area contributed by atoms with Crippen LogP contribution in [0.4, 0.5) is 0 Å². The smallest absolute Gasteiger partial charge is 0.191 e. The summed E-state index contributed by atoms with van der Waals surface area (Å²) in [5.41, 5.74) is 0. The van der Waals surface area contributed by atoms with E-state index in [0.29, 0.717) is 6.04 Å². The first-order chi connectivity index (χ1) is 10.3. The summed E-state index contributed by atoms with van der Waals surface area (Å²) in [5.74, 6) is 1.02. The van der Waals surface area contributed by atoms with Crippen molar-refractivity contribution in [2.75, 3.05) is 26.7 Å². The van der Waals surface area contributed by atoms with Gasteiger partial charge >= 0.3 is 0 Å². The maximum Gasteiger partial charge on any atom is 0.191 e. The maximum atomic E-state index is 4.76. The van der Waals surface area contributed by atoms with Crippen LogP contribution in [0.3, 0.4) is 0 Å². The molecule has 2 fully saturated rings. The lowest BCUT2D eigenvalue weighted by molar-refractivity contribution is 0.196. The lowest BCUT2D eigenvalue weighted by Crippen LogP contribution is -2.43. The lowest BCUT2D eigenvalue weighted by Gasteiger charge is -2.30. The van der Waals surface area contributed by atoms with Crippen LogP contribution in [0.25, 0.3) is 0 Å². The molecule has 2 rings (SSSR count). The highest BCUT2D eigenvalue weighted by Crippen LogP contribution is 2.21. The van der Waals surface area contributed by atoms with Gasteiger partial charge in [-0.15, -0.1) is 0 Å². The summed E-state index contributed by atoms with van der Waals surface area (Å²) in [6.45, 7) is 5.05. The number of nitrogens with one attached hydrogen (secondary N) is 2. The Morgan fingerprint density at radius 1 is 1.05 bits per heavy atom. The van der Waals surface area contributed by atoms with Crippen molar-refractivity contribution in [2.45, 2.75) is 76.8 Å². The molecule has 0 aromatic carbocycles. The molecule has 4 nitrogen and oxygen atoms in total. The summed E-state index contributed by atoms with van der Waals surface area (Å²) in [7, 11) is 2.27. The van der Waals surface area contributed by atoms with Crippen molar-refractivity contribution in [3.8, 4) is 0 Å². The molecule has 0 saturated heterocycles. The van der Waals surface area contributed by atoms with E-state index < -0.39 is 0 Å². The molecule has 0 spiro atoms. The molecule has 0 bridgehead atoms. The molecule has 0 aliphatic heterocycles. The molecular formula is C17H34N4. The summed E-state index contributed by atoms with van der Waals surface area (Å²) in [4.78, 5) is 7.28. The molecule has 0 heterocycles. The predicted octanol–water partition coefficient (Wildman–Crippen LogP) is 2.75. The summed E-state index contributed by atoms with van der Waals surface area (Å²) < 4.78 is 0. The molecule has 0 aromatic rings. The molecule has 0 atom stereocenters. The first-order valence-corrected chi connectivity index (χ1v) is 9.04. The summed E-state index contributed by atoms with van der Waals surface area (Å²) in [5, 5.41) is 6.97. The van der Waals surface area contributed by atoms with Crippen LogP contribution in [-0.4, -0.2) is 49.6 Å². The van der Waals surface area contributed by atoms with Crippen molar-refractivity contribution in [2.24, 2.45) is 4.99 Å². The van der Waals surface area contributed by atoms with Gasteiger partial charge in [0.15, 0.2) is 5.96 Å². The van der Waals surface area contributed by atoms with E-state index in [-0.39, 0.29) is 0 Å². The van der Waals surface area contributed by atoms with E-state index in [4.69, 9.17) is 4.99 Å². The molecule has 2 saturated carbocycles. The van der Waals surface area contributed by atoms with Gasteiger partial charge in [-0.05, 0) is 39.7 Å². The second-order valence-corrected chi connectivity index (χ2v) is 6.66. The normalized spacial score (nSPS) is 22.0. The topological polar surface area (TPSA) is 39.7 Å². The molecule has 4 heteroatoms. The average molecular weight is 294 g/mol. The van der Waals surface area contributed by atoms with Gasteiger partial charge in [-0.2, -0.15) is 0 Å². The predicted molar refractivity (Wildman–Crippen MR) is 90.9 cm³/mol. The van der Waals surface area contributed by atoms with Gasteiger partial charge in [-0.3, -0.25) is 4.99 Å². The third-order valence-electron chi connectivity index (χ3n) is 4.96. The second-order valence-electron chi connectivity index (χ2n) is 6.66. The Morgan fingerprint density at radius 3 is 2.38 bits per heavy atom. The number of hydrogen-bond donors (Lipinski definition) is 2. The van der Waals surface area contributed by atoms with Gasteiger partial charge in [-0.1, -0.05) is 32.1 Å². The number of rotatable bonds is 6. The Balaban J connectivity index is 1.72. The van der Waals surface area contributed by atoms with Crippen LogP contribution in [0, 0.1) is 0 Å². The van der Waals surface area contributed by atoms with Crippen LogP contribution in [-0.2, 0) is 0 Å². The average Bonchev–Trinajstić information content (AvgIpc) is 3.01. The van der Waals surface area contributed by atoms with Crippen molar-refractivity contribution < 1.29 is 0 Å². The summed E-state index contributed by atoms with van der Waals surface area (Å²) >= 11 is 0. The maximum absolute atomic E-state index is 4.76. The lowest BCUT2D eigenvalue weighted by atomic mass is 9.94. The minimum atomic E-state index is 0.638. The van der Waals surface area contributed by atoms with Gasteiger partial charge in [0.25, 0.3) is 0 Å². The fourth-order valence-corrected chi connectivity index (χ4v) is 3.61. The van der Waals surface area contributed by atoms with E-state index >= 15 is 0 Å². The van der Waals surface area contributed by atoms with Crippen molar-refractivity contribution in [1.82, 2.24) is 15.5 Å². The first kappa shape index (κ1) is 16.6. The SMILES string of the molecule is CCNC(=NCCN(C)C1CCCCC1)NC1CCCC1. The Bertz CT molecular complexity index is 304. The Morgan fingerprint density at radius 2 is 1.71 bits per heavy atom. The highest BCUT2D eigenvalue weighted by atomic mass is 15.2. The third-order valence-corrected chi connectivity index (χ3v) is 4.96.